The Hall–Kier alpha value is -0.0800. The Labute approximate surface area is 168 Å². The molecule has 0 aromatic carbocycles. The van der Waals surface area contributed by atoms with Crippen LogP contribution in [0.25, 0.3) is 0 Å². The van der Waals surface area contributed by atoms with Crippen LogP contribution in [0.5, 0.6) is 0 Å². The smallest absolute Gasteiger partial charge is 0.191 e. The monoisotopic (exact) mass is 455 g/mol. The Morgan fingerprint density at radius 3 is 2.00 bits per heavy atom. The minimum atomic E-state index is 0. The molecule has 0 amide bonds. The second kappa shape index (κ2) is 16.4. The van der Waals surface area contributed by atoms with Crippen molar-refractivity contribution >= 4 is 29.9 Å². The van der Waals surface area contributed by atoms with Crippen LogP contribution in [0.15, 0.2) is 4.99 Å². The number of nitrogens with one attached hydrogen (secondary N) is 2. The van der Waals surface area contributed by atoms with Gasteiger partial charge < -0.3 is 15.5 Å². The van der Waals surface area contributed by atoms with Gasteiger partial charge in [0.25, 0.3) is 0 Å². The Balaban J connectivity index is 0. The Morgan fingerprint density at radius 1 is 0.917 bits per heavy atom. The molecular formula is C18H42IN5. The number of halogens is 1. The lowest BCUT2D eigenvalue weighted by Crippen LogP contribution is -2.43. The Kier molecular flexibility index (Phi) is 17.9. The zero-order valence-electron chi connectivity index (χ0n) is 17.1. The molecule has 0 bridgehead atoms. The summed E-state index contributed by atoms with van der Waals surface area (Å²) in [6, 6.07) is 1.21. The van der Waals surface area contributed by atoms with E-state index in [4.69, 9.17) is 0 Å². The normalized spacial score (nSPS) is 12.2. The summed E-state index contributed by atoms with van der Waals surface area (Å²) < 4.78 is 0. The standard InChI is InChI=1S/C18H41N5.HI/c1-8-9-13-22(7)15-12-21-18(19-6)20-11-10-14-23(16(2)3)17(4)5;/h16-17H,8-15H2,1-7H3,(H2,19,20,21);1H. The topological polar surface area (TPSA) is 42.9 Å². The molecule has 0 spiro atoms. The van der Waals surface area contributed by atoms with Crippen molar-refractivity contribution in [2.24, 2.45) is 4.99 Å². The van der Waals surface area contributed by atoms with Gasteiger partial charge in [0.1, 0.15) is 0 Å². The predicted octanol–water partition coefficient (Wildman–Crippen LogP) is 3.01. The van der Waals surface area contributed by atoms with Crippen LogP contribution in [-0.2, 0) is 0 Å². The van der Waals surface area contributed by atoms with E-state index in [1.807, 2.05) is 7.05 Å². The van der Waals surface area contributed by atoms with Crippen molar-refractivity contribution in [2.45, 2.75) is 66.0 Å². The highest BCUT2D eigenvalue weighted by Gasteiger charge is 2.12. The highest BCUT2D eigenvalue weighted by atomic mass is 127. The van der Waals surface area contributed by atoms with Gasteiger partial charge >= 0.3 is 0 Å². The van der Waals surface area contributed by atoms with E-state index < -0.39 is 0 Å². The summed E-state index contributed by atoms with van der Waals surface area (Å²) in [6.07, 6.45) is 3.66. The number of rotatable bonds is 12. The third kappa shape index (κ3) is 13.2. The number of aliphatic imine (C=N–C) groups is 1. The minimum Gasteiger partial charge on any atom is -0.356 e. The fraction of sp³-hybridized carbons (Fsp3) is 0.944. The first kappa shape index (κ1) is 26.2. The number of hydrogen-bond donors (Lipinski definition) is 2. The van der Waals surface area contributed by atoms with E-state index in [9.17, 15) is 0 Å². The molecule has 6 heteroatoms. The Morgan fingerprint density at radius 2 is 1.50 bits per heavy atom. The maximum atomic E-state index is 4.30. The summed E-state index contributed by atoms with van der Waals surface area (Å²) >= 11 is 0. The first-order valence-electron chi connectivity index (χ1n) is 9.31. The van der Waals surface area contributed by atoms with Crippen LogP contribution < -0.4 is 10.6 Å². The number of likely N-dealkylation sites (N-methyl/N-ethyl adjacent to an activating group) is 1. The van der Waals surface area contributed by atoms with E-state index in [2.05, 4.69) is 67.1 Å². The van der Waals surface area contributed by atoms with Crippen molar-refractivity contribution in [1.82, 2.24) is 20.4 Å². The first-order chi connectivity index (χ1) is 10.9. The average Bonchev–Trinajstić information content (AvgIpc) is 2.50. The summed E-state index contributed by atoms with van der Waals surface area (Å²) in [5.41, 5.74) is 0. The van der Waals surface area contributed by atoms with Gasteiger partial charge in [0.05, 0.1) is 0 Å². The van der Waals surface area contributed by atoms with E-state index in [0.29, 0.717) is 12.1 Å². The van der Waals surface area contributed by atoms with Crippen LogP contribution in [0.1, 0.15) is 53.9 Å². The second-order valence-electron chi connectivity index (χ2n) is 6.86. The van der Waals surface area contributed by atoms with E-state index in [0.717, 1.165) is 38.6 Å². The lowest BCUT2D eigenvalue weighted by Gasteiger charge is -2.30. The predicted molar refractivity (Wildman–Crippen MR) is 119 cm³/mol. The van der Waals surface area contributed by atoms with Crippen LogP contribution >= 0.6 is 24.0 Å². The van der Waals surface area contributed by atoms with Gasteiger partial charge in [-0.05, 0) is 54.1 Å². The second-order valence-corrected chi connectivity index (χ2v) is 6.86. The van der Waals surface area contributed by atoms with Crippen LogP contribution in [0.4, 0.5) is 0 Å². The van der Waals surface area contributed by atoms with Gasteiger partial charge in [0.2, 0.25) is 0 Å². The van der Waals surface area contributed by atoms with Crippen LogP contribution in [0, 0.1) is 0 Å². The van der Waals surface area contributed by atoms with Gasteiger partial charge in [-0.15, -0.1) is 24.0 Å². The molecule has 0 saturated heterocycles. The largest absolute Gasteiger partial charge is 0.356 e. The third-order valence-electron chi connectivity index (χ3n) is 4.12. The number of nitrogens with zero attached hydrogens (tertiary/aromatic N) is 3. The quantitative estimate of drug-likeness (QED) is 0.206. The summed E-state index contributed by atoms with van der Waals surface area (Å²) in [5.74, 6) is 0.912. The molecule has 0 atom stereocenters. The molecule has 5 nitrogen and oxygen atoms in total. The highest BCUT2D eigenvalue weighted by molar-refractivity contribution is 14.0. The van der Waals surface area contributed by atoms with E-state index in [-0.39, 0.29) is 24.0 Å². The van der Waals surface area contributed by atoms with Crippen molar-refractivity contribution in [2.75, 3.05) is 46.8 Å². The minimum absolute atomic E-state index is 0. The molecule has 0 unspecified atom stereocenters. The van der Waals surface area contributed by atoms with Gasteiger partial charge in [-0.25, -0.2) is 0 Å². The fourth-order valence-corrected chi connectivity index (χ4v) is 2.71. The molecular weight excluding hydrogens is 413 g/mol. The zero-order chi connectivity index (χ0) is 17.7. The van der Waals surface area contributed by atoms with Crippen LogP contribution in [0.3, 0.4) is 0 Å². The first-order valence-corrected chi connectivity index (χ1v) is 9.31. The molecule has 0 rings (SSSR count). The molecule has 2 N–H and O–H groups in total. The summed E-state index contributed by atoms with van der Waals surface area (Å²) in [7, 11) is 4.02. The number of guanidine groups is 1. The van der Waals surface area contributed by atoms with Gasteiger partial charge in [-0.2, -0.15) is 0 Å². The summed E-state index contributed by atoms with van der Waals surface area (Å²) in [4.78, 5) is 9.19. The number of hydrogen-bond acceptors (Lipinski definition) is 3. The summed E-state index contributed by atoms with van der Waals surface area (Å²) in [6.45, 7) is 16.5. The molecule has 0 aliphatic carbocycles. The fourth-order valence-electron chi connectivity index (χ4n) is 2.71. The maximum absolute atomic E-state index is 4.30. The summed E-state index contributed by atoms with van der Waals surface area (Å²) in [5, 5.41) is 6.81. The molecule has 0 saturated carbocycles. The van der Waals surface area contributed by atoms with Crippen molar-refractivity contribution < 1.29 is 0 Å². The zero-order valence-corrected chi connectivity index (χ0v) is 19.4. The van der Waals surface area contributed by atoms with Crippen molar-refractivity contribution in [1.29, 1.82) is 0 Å². The molecule has 0 aliphatic heterocycles. The van der Waals surface area contributed by atoms with Gasteiger partial charge in [0, 0.05) is 45.3 Å². The average molecular weight is 455 g/mol. The molecule has 146 valence electrons. The number of unbranched alkanes of at least 4 members (excludes halogenated alkanes) is 1. The molecule has 0 heterocycles. The van der Waals surface area contributed by atoms with Crippen molar-refractivity contribution in [3.05, 3.63) is 0 Å². The van der Waals surface area contributed by atoms with E-state index >= 15 is 0 Å². The van der Waals surface area contributed by atoms with Gasteiger partial charge in [-0.1, -0.05) is 13.3 Å². The highest BCUT2D eigenvalue weighted by Crippen LogP contribution is 2.05. The molecule has 0 aromatic heterocycles. The van der Waals surface area contributed by atoms with Crippen molar-refractivity contribution in [3.63, 3.8) is 0 Å². The molecule has 0 aromatic rings. The van der Waals surface area contributed by atoms with Crippen LogP contribution in [-0.4, -0.2) is 74.7 Å². The molecule has 0 aliphatic rings. The van der Waals surface area contributed by atoms with Gasteiger partial charge in [0.15, 0.2) is 5.96 Å². The lowest BCUT2D eigenvalue weighted by atomic mass is 10.2. The molecule has 24 heavy (non-hydrogen) atoms. The van der Waals surface area contributed by atoms with E-state index in [1.54, 1.807) is 0 Å². The molecule has 0 fully saturated rings. The third-order valence-corrected chi connectivity index (χ3v) is 4.12. The Bertz CT molecular complexity index is 300. The molecule has 0 radical (unpaired) electrons. The SMILES string of the molecule is CCCCN(C)CCNC(=NC)NCCCN(C(C)C)C(C)C.I. The lowest BCUT2D eigenvalue weighted by molar-refractivity contribution is 0.173. The maximum Gasteiger partial charge on any atom is 0.191 e. The van der Waals surface area contributed by atoms with E-state index in [1.165, 1.54) is 19.4 Å². The van der Waals surface area contributed by atoms with Crippen LogP contribution in [0.2, 0.25) is 0 Å². The van der Waals surface area contributed by atoms with Gasteiger partial charge in [-0.3, -0.25) is 9.89 Å². The van der Waals surface area contributed by atoms with Crippen molar-refractivity contribution in [3.8, 4) is 0 Å².